The molecule has 0 fully saturated rings. The predicted molar refractivity (Wildman–Crippen MR) is 84.4 cm³/mol. The highest BCUT2D eigenvalue weighted by Gasteiger charge is 2.10. The number of aryl methyl sites for hydroxylation is 2. The molecule has 2 rings (SSSR count). The maximum atomic E-state index is 12.8. The van der Waals surface area contributed by atoms with E-state index in [1.807, 2.05) is 19.9 Å². The molecule has 0 heterocycles. The molecule has 0 spiro atoms. The van der Waals surface area contributed by atoms with Gasteiger partial charge < -0.3 is 10.1 Å². The Balaban J connectivity index is 1.80. The quantitative estimate of drug-likeness (QED) is 0.863. The molecule has 4 nitrogen and oxygen atoms in total. The third-order valence-corrected chi connectivity index (χ3v) is 3.48. The molecule has 0 aliphatic rings. The highest BCUT2D eigenvalue weighted by atomic mass is 19.1. The summed E-state index contributed by atoms with van der Waals surface area (Å²) in [6.45, 7) is 3.75. The lowest BCUT2D eigenvalue weighted by atomic mass is 10.1. The number of hydrogen-bond acceptors (Lipinski definition) is 3. The molecule has 0 atom stereocenters. The molecule has 2 aromatic carbocycles. The van der Waals surface area contributed by atoms with Gasteiger partial charge in [0.2, 0.25) is 0 Å². The normalized spacial score (nSPS) is 10.2. The van der Waals surface area contributed by atoms with E-state index in [1.165, 1.54) is 12.1 Å². The number of hydrogen-bond donors (Lipinski definition) is 1. The smallest absolute Gasteiger partial charge is 0.338 e. The number of ether oxygens (including phenoxy) is 1. The van der Waals surface area contributed by atoms with Crippen LogP contribution in [0.25, 0.3) is 0 Å². The minimum absolute atomic E-state index is 0.250. The SMILES string of the molecule is Cc1ccc(C(=O)OCC(=O)NCc2ccc(F)cc2)cc1C. The number of carbonyl (C=O) groups is 2. The Hall–Kier alpha value is -2.69. The summed E-state index contributed by atoms with van der Waals surface area (Å²) in [5, 5.41) is 2.61. The molecule has 0 aliphatic heterocycles. The van der Waals surface area contributed by atoms with E-state index in [-0.39, 0.29) is 19.0 Å². The van der Waals surface area contributed by atoms with Gasteiger partial charge in [0.25, 0.3) is 5.91 Å². The molecule has 0 radical (unpaired) electrons. The van der Waals surface area contributed by atoms with Crippen LogP contribution in [-0.2, 0) is 16.1 Å². The number of benzene rings is 2. The van der Waals surface area contributed by atoms with Crippen LogP contribution < -0.4 is 5.32 Å². The van der Waals surface area contributed by atoms with E-state index in [0.717, 1.165) is 16.7 Å². The van der Waals surface area contributed by atoms with Crippen molar-refractivity contribution in [2.24, 2.45) is 0 Å². The second kappa shape index (κ2) is 7.54. The van der Waals surface area contributed by atoms with Gasteiger partial charge in [0, 0.05) is 6.54 Å². The van der Waals surface area contributed by atoms with Gasteiger partial charge in [-0.1, -0.05) is 18.2 Å². The summed E-state index contributed by atoms with van der Waals surface area (Å²) in [6, 6.07) is 11.0. The van der Waals surface area contributed by atoms with Crippen molar-refractivity contribution in [1.82, 2.24) is 5.32 Å². The molecule has 1 amide bonds. The van der Waals surface area contributed by atoms with Crippen LogP contribution in [0.2, 0.25) is 0 Å². The Morgan fingerprint density at radius 2 is 1.74 bits per heavy atom. The van der Waals surface area contributed by atoms with E-state index >= 15 is 0 Å². The van der Waals surface area contributed by atoms with Crippen LogP contribution in [0, 0.1) is 19.7 Å². The van der Waals surface area contributed by atoms with Gasteiger partial charge in [0.1, 0.15) is 5.82 Å². The van der Waals surface area contributed by atoms with Crippen molar-refractivity contribution in [3.63, 3.8) is 0 Å². The van der Waals surface area contributed by atoms with Crippen molar-refractivity contribution in [2.45, 2.75) is 20.4 Å². The second-order valence-corrected chi connectivity index (χ2v) is 5.28. The number of halogens is 1. The summed E-state index contributed by atoms with van der Waals surface area (Å²) in [5.41, 5.74) is 3.25. The fourth-order valence-electron chi connectivity index (χ4n) is 1.94. The van der Waals surface area contributed by atoms with E-state index in [4.69, 9.17) is 4.74 Å². The van der Waals surface area contributed by atoms with E-state index in [9.17, 15) is 14.0 Å². The van der Waals surface area contributed by atoms with Crippen molar-refractivity contribution in [2.75, 3.05) is 6.61 Å². The topological polar surface area (TPSA) is 55.4 Å². The Bertz CT molecular complexity index is 711. The summed E-state index contributed by atoms with van der Waals surface area (Å²) in [6.07, 6.45) is 0. The predicted octanol–water partition coefficient (Wildman–Crippen LogP) is 2.92. The first-order valence-corrected chi connectivity index (χ1v) is 7.21. The molecule has 23 heavy (non-hydrogen) atoms. The van der Waals surface area contributed by atoms with Crippen LogP contribution >= 0.6 is 0 Å². The fourth-order valence-corrected chi connectivity index (χ4v) is 1.94. The summed E-state index contributed by atoms with van der Waals surface area (Å²) in [4.78, 5) is 23.6. The van der Waals surface area contributed by atoms with E-state index < -0.39 is 11.9 Å². The molecule has 0 bridgehead atoms. The molecule has 2 aromatic rings. The van der Waals surface area contributed by atoms with Crippen LogP contribution in [0.4, 0.5) is 4.39 Å². The van der Waals surface area contributed by atoms with Gasteiger partial charge in [-0.2, -0.15) is 0 Å². The molecule has 1 N–H and O–H groups in total. The highest BCUT2D eigenvalue weighted by molar-refractivity contribution is 5.91. The zero-order chi connectivity index (χ0) is 16.8. The van der Waals surface area contributed by atoms with Crippen molar-refractivity contribution < 1.29 is 18.7 Å². The number of rotatable bonds is 5. The van der Waals surface area contributed by atoms with Gasteiger partial charge in [-0.05, 0) is 54.8 Å². The Kier molecular flexibility index (Phi) is 5.46. The van der Waals surface area contributed by atoms with Crippen molar-refractivity contribution >= 4 is 11.9 Å². The van der Waals surface area contributed by atoms with Gasteiger partial charge in [0.15, 0.2) is 6.61 Å². The number of esters is 1. The lowest BCUT2D eigenvalue weighted by Crippen LogP contribution is -2.28. The van der Waals surface area contributed by atoms with Crippen LogP contribution in [0.1, 0.15) is 27.0 Å². The van der Waals surface area contributed by atoms with Gasteiger partial charge in [-0.15, -0.1) is 0 Å². The zero-order valence-electron chi connectivity index (χ0n) is 13.1. The van der Waals surface area contributed by atoms with E-state index in [0.29, 0.717) is 5.56 Å². The van der Waals surface area contributed by atoms with Gasteiger partial charge >= 0.3 is 5.97 Å². The molecular weight excluding hydrogens is 297 g/mol. The number of nitrogens with one attached hydrogen (secondary N) is 1. The summed E-state index contributed by atoms with van der Waals surface area (Å²) < 4.78 is 17.7. The standard InChI is InChI=1S/C18H18FNO3/c1-12-3-6-15(9-13(12)2)18(22)23-11-17(21)20-10-14-4-7-16(19)8-5-14/h3-9H,10-11H2,1-2H3,(H,20,21). The first-order chi connectivity index (χ1) is 11.0. The lowest BCUT2D eigenvalue weighted by Gasteiger charge is -2.08. The largest absolute Gasteiger partial charge is 0.452 e. The fraction of sp³-hybridized carbons (Fsp3) is 0.222. The average Bonchev–Trinajstić information content (AvgIpc) is 2.54. The second-order valence-electron chi connectivity index (χ2n) is 5.28. The molecule has 0 saturated carbocycles. The monoisotopic (exact) mass is 315 g/mol. The molecule has 120 valence electrons. The number of carbonyl (C=O) groups excluding carboxylic acids is 2. The van der Waals surface area contributed by atoms with Gasteiger partial charge in [0.05, 0.1) is 5.56 Å². The summed E-state index contributed by atoms with van der Waals surface area (Å²) in [5.74, 6) is -1.28. The van der Waals surface area contributed by atoms with Gasteiger partial charge in [-0.25, -0.2) is 9.18 Å². The minimum atomic E-state index is -0.537. The number of amides is 1. The summed E-state index contributed by atoms with van der Waals surface area (Å²) >= 11 is 0. The minimum Gasteiger partial charge on any atom is -0.452 e. The first-order valence-electron chi connectivity index (χ1n) is 7.21. The first kappa shape index (κ1) is 16.7. The summed E-state index contributed by atoms with van der Waals surface area (Å²) in [7, 11) is 0. The van der Waals surface area contributed by atoms with Crippen LogP contribution in [0.5, 0.6) is 0 Å². The zero-order valence-corrected chi connectivity index (χ0v) is 13.1. The van der Waals surface area contributed by atoms with Crippen molar-refractivity contribution in [1.29, 1.82) is 0 Å². The molecule has 0 aromatic heterocycles. The lowest BCUT2D eigenvalue weighted by molar-refractivity contribution is -0.124. The average molecular weight is 315 g/mol. The molecule has 5 heteroatoms. The maximum absolute atomic E-state index is 12.8. The Morgan fingerprint density at radius 1 is 1.04 bits per heavy atom. The van der Waals surface area contributed by atoms with Crippen molar-refractivity contribution in [3.8, 4) is 0 Å². The van der Waals surface area contributed by atoms with Crippen LogP contribution in [-0.4, -0.2) is 18.5 Å². The third kappa shape index (κ3) is 4.92. The molecular formula is C18H18FNO3. The van der Waals surface area contributed by atoms with Crippen molar-refractivity contribution in [3.05, 3.63) is 70.5 Å². The van der Waals surface area contributed by atoms with E-state index in [1.54, 1.807) is 24.3 Å². The molecule has 0 unspecified atom stereocenters. The van der Waals surface area contributed by atoms with Crippen LogP contribution in [0.15, 0.2) is 42.5 Å². The maximum Gasteiger partial charge on any atom is 0.338 e. The Morgan fingerprint density at radius 3 is 2.39 bits per heavy atom. The van der Waals surface area contributed by atoms with Crippen LogP contribution in [0.3, 0.4) is 0 Å². The molecule has 0 saturated heterocycles. The third-order valence-electron chi connectivity index (χ3n) is 3.48. The van der Waals surface area contributed by atoms with E-state index in [2.05, 4.69) is 5.32 Å². The highest BCUT2D eigenvalue weighted by Crippen LogP contribution is 2.10. The Labute approximate surface area is 134 Å². The van der Waals surface area contributed by atoms with Gasteiger partial charge in [-0.3, -0.25) is 4.79 Å². The molecule has 0 aliphatic carbocycles.